The van der Waals surface area contributed by atoms with Crippen molar-refractivity contribution in [1.82, 2.24) is 25.5 Å². The number of nitrogens with one attached hydrogen (secondary N) is 2. The van der Waals surface area contributed by atoms with Gasteiger partial charge in [-0.1, -0.05) is 0 Å². The molecule has 0 unspecified atom stereocenters. The molecule has 1 aliphatic rings. The van der Waals surface area contributed by atoms with Crippen molar-refractivity contribution < 1.29 is 14.3 Å². The summed E-state index contributed by atoms with van der Waals surface area (Å²) >= 11 is 0. The van der Waals surface area contributed by atoms with Crippen LogP contribution in [0.2, 0.25) is 0 Å². The van der Waals surface area contributed by atoms with Crippen molar-refractivity contribution >= 4 is 11.6 Å². The molecule has 140 valence electrons. The van der Waals surface area contributed by atoms with E-state index in [2.05, 4.69) is 26.2 Å². The van der Waals surface area contributed by atoms with Crippen LogP contribution in [0.1, 0.15) is 18.7 Å². The lowest BCUT2D eigenvalue weighted by Crippen LogP contribution is -2.47. The fourth-order valence-electron chi connectivity index (χ4n) is 3.27. The zero-order valence-corrected chi connectivity index (χ0v) is 15.3. The number of ether oxygens (including phenoxy) is 2. The molecule has 1 saturated heterocycles. The summed E-state index contributed by atoms with van der Waals surface area (Å²) in [4.78, 5) is 13.0. The lowest BCUT2D eigenvalue weighted by atomic mass is 9.78. The molecular formula is C17H24N6O3. The molecule has 2 heterocycles. The van der Waals surface area contributed by atoms with Gasteiger partial charge >= 0.3 is 0 Å². The van der Waals surface area contributed by atoms with Gasteiger partial charge in [-0.15, -0.1) is 5.10 Å². The highest BCUT2D eigenvalue weighted by Crippen LogP contribution is 2.32. The second kappa shape index (κ2) is 7.79. The summed E-state index contributed by atoms with van der Waals surface area (Å²) in [5.41, 5.74) is 0.804. The number of carbonyl (C=O) groups excluding carboxylic acids is 1. The first-order valence-electron chi connectivity index (χ1n) is 8.54. The number of nitrogens with zero attached hydrogens (tertiary/aromatic N) is 4. The lowest BCUT2D eigenvalue weighted by Gasteiger charge is -2.35. The molecule has 0 bridgehead atoms. The summed E-state index contributed by atoms with van der Waals surface area (Å²) in [5.74, 6) is 1.21. The third-order valence-electron chi connectivity index (χ3n) is 4.75. The van der Waals surface area contributed by atoms with E-state index >= 15 is 0 Å². The van der Waals surface area contributed by atoms with E-state index in [-0.39, 0.29) is 5.91 Å². The Kier molecular flexibility index (Phi) is 5.48. The Morgan fingerprint density at radius 2 is 2.12 bits per heavy atom. The van der Waals surface area contributed by atoms with Gasteiger partial charge in [0, 0.05) is 12.8 Å². The molecule has 1 aromatic heterocycles. The molecule has 0 atom stereocenters. The van der Waals surface area contributed by atoms with Crippen molar-refractivity contribution in [2.24, 2.45) is 5.41 Å². The van der Waals surface area contributed by atoms with Gasteiger partial charge < -0.3 is 20.1 Å². The van der Waals surface area contributed by atoms with Gasteiger partial charge in [-0.2, -0.15) is 4.68 Å². The number of hydrogen-bond acceptors (Lipinski definition) is 7. The maximum Gasteiger partial charge on any atom is 0.233 e. The predicted octanol–water partition coefficient (Wildman–Crippen LogP) is 0.934. The number of aryl methyl sites for hydroxylation is 1. The molecule has 1 aliphatic heterocycles. The van der Waals surface area contributed by atoms with Crippen LogP contribution in [-0.2, 0) is 9.53 Å². The van der Waals surface area contributed by atoms with Crippen LogP contribution in [0.25, 0.3) is 5.69 Å². The van der Waals surface area contributed by atoms with E-state index in [9.17, 15) is 4.79 Å². The summed E-state index contributed by atoms with van der Waals surface area (Å²) in [5, 5.41) is 17.9. The first-order chi connectivity index (χ1) is 12.6. The van der Waals surface area contributed by atoms with Gasteiger partial charge in [0.1, 0.15) is 11.4 Å². The largest absolute Gasteiger partial charge is 0.494 e. The molecule has 1 fully saturated rings. The van der Waals surface area contributed by atoms with Crippen LogP contribution in [-0.4, -0.2) is 60.0 Å². The Bertz CT molecular complexity index is 764. The van der Waals surface area contributed by atoms with Crippen LogP contribution in [0.3, 0.4) is 0 Å². The topological polar surface area (TPSA) is 103 Å². The van der Waals surface area contributed by atoms with Crippen LogP contribution in [0.4, 0.5) is 5.69 Å². The molecule has 9 nitrogen and oxygen atoms in total. The van der Waals surface area contributed by atoms with E-state index in [4.69, 9.17) is 9.47 Å². The van der Waals surface area contributed by atoms with Crippen molar-refractivity contribution in [3.8, 4) is 11.4 Å². The highest BCUT2D eigenvalue weighted by Gasteiger charge is 2.39. The normalized spacial score (nSPS) is 16.3. The SMILES string of the molecule is COCC1(C(=O)Nc2ccc(OC)c(-n3nnnc3C)c2)CCNCC1. The van der Waals surface area contributed by atoms with E-state index in [0.29, 0.717) is 29.6 Å². The van der Waals surface area contributed by atoms with E-state index in [0.717, 1.165) is 25.9 Å². The molecule has 3 rings (SSSR count). The van der Waals surface area contributed by atoms with Gasteiger partial charge in [-0.05, 0) is 61.5 Å². The lowest BCUT2D eigenvalue weighted by molar-refractivity contribution is -0.130. The molecule has 1 aromatic carbocycles. The first kappa shape index (κ1) is 18.3. The molecule has 0 spiro atoms. The summed E-state index contributed by atoms with van der Waals surface area (Å²) < 4.78 is 12.3. The Hall–Kier alpha value is -2.52. The van der Waals surface area contributed by atoms with Crippen molar-refractivity contribution in [2.75, 3.05) is 39.2 Å². The number of anilines is 1. The first-order valence-corrected chi connectivity index (χ1v) is 8.54. The van der Waals surface area contributed by atoms with Gasteiger partial charge in [0.2, 0.25) is 5.91 Å². The Labute approximate surface area is 152 Å². The minimum atomic E-state index is -0.523. The van der Waals surface area contributed by atoms with Crippen LogP contribution in [0.5, 0.6) is 5.75 Å². The van der Waals surface area contributed by atoms with Crippen LogP contribution >= 0.6 is 0 Å². The van der Waals surface area contributed by atoms with Gasteiger partial charge in [0.05, 0.1) is 19.1 Å². The summed E-state index contributed by atoms with van der Waals surface area (Å²) in [6, 6.07) is 5.40. The van der Waals surface area contributed by atoms with Gasteiger partial charge in [0.25, 0.3) is 0 Å². The average molecular weight is 360 g/mol. The second-order valence-corrected chi connectivity index (χ2v) is 6.44. The highest BCUT2D eigenvalue weighted by molar-refractivity contribution is 5.96. The molecule has 9 heteroatoms. The number of methoxy groups -OCH3 is 2. The van der Waals surface area contributed by atoms with Gasteiger partial charge in [-0.3, -0.25) is 4.79 Å². The molecule has 1 amide bonds. The van der Waals surface area contributed by atoms with E-state index in [1.54, 1.807) is 31.9 Å². The Balaban J connectivity index is 1.87. The maximum absolute atomic E-state index is 13.0. The third-order valence-corrected chi connectivity index (χ3v) is 4.75. The number of piperidine rings is 1. The van der Waals surface area contributed by atoms with Crippen LogP contribution < -0.4 is 15.4 Å². The van der Waals surface area contributed by atoms with Gasteiger partial charge in [-0.25, -0.2) is 0 Å². The minimum absolute atomic E-state index is 0.0367. The molecule has 2 aromatic rings. The fourth-order valence-corrected chi connectivity index (χ4v) is 3.27. The maximum atomic E-state index is 13.0. The molecule has 0 aliphatic carbocycles. The second-order valence-electron chi connectivity index (χ2n) is 6.44. The third kappa shape index (κ3) is 3.54. The van der Waals surface area contributed by atoms with Crippen molar-refractivity contribution in [2.45, 2.75) is 19.8 Å². The number of rotatable bonds is 6. The number of tetrazole rings is 1. The van der Waals surface area contributed by atoms with Crippen LogP contribution in [0, 0.1) is 12.3 Å². The average Bonchev–Trinajstić information content (AvgIpc) is 3.08. The van der Waals surface area contributed by atoms with E-state index in [1.807, 2.05) is 12.1 Å². The fraction of sp³-hybridized carbons (Fsp3) is 0.529. The van der Waals surface area contributed by atoms with Crippen molar-refractivity contribution in [3.63, 3.8) is 0 Å². The zero-order chi connectivity index (χ0) is 18.6. The zero-order valence-electron chi connectivity index (χ0n) is 15.3. The van der Waals surface area contributed by atoms with Crippen molar-refractivity contribution in [3.05, 3.63) is 24.0 Å². The minimum Gasteiger partial charge on any atom is -0.494 e. The van der Waals surface area contributed by atoms with Gasteiger partial charge in [0.15, 0.2) is 5.82 Å². The standard InChI is InChI=1S/C17H24N6O3/c1-12-20-21-22-23(12)14-10-13(4-5-15(14)26-3)19-16(24)17(11-25-2)6-8-18-9-7-17/h4-5,10,18H,6-9,11H2,1-3H3,(H,19,24). The Morgan fingerprint density at radius 1 is 1.35 bits per heavy atom. The number of amides is 1. The number of carbonyl (C=O) groups is 1. The molecule has 0 saturated carbocycles. The number of aromatic nitrogens is 4. The smallest absolute Gasteiger partial charge is 0.233 e. The summed E-state index contributed by atoms with van der Waals surface area (Å²) in [6.45, 7) is 3.80. The predicted molar refractivity (Wildman–Crippen MR) is 95.5 cm³/mol. The molecule has 0 radical (unpaired) electrons. The van der Waals surface area contributed by atoms with E-state index < -0.39 is 5.41 Å². The number of hydrogen-bond donors (Lipinski definition) is 2. The summed E-state index contributed by atoms with van der Waals surface area (Å²) in [6.07, 6.45) is 1.48. The van der Waals surface area contributed by atoms with E-state index in [1.165, 1.54) is 0 Å². The van der Waals surface area contributed by atoms with Crippen LogP contribution in [0.15, 0.2) is 18.2 Å². The number of benzene rings is 1. The molecule has 2 N–H and O–H groups in total. The summed E-state index contributed by atoms with van der Waals surface area (Å²) in [7, 11) is 3.21. The highest BCUT2D eigenvalue weighted by atomic mass is 16.5. The Morgan fingerprint density at radius 3 is 2.73 bits per heavy atom. The quantitative estimate of drug-likeness (QED) is 0.790. The monoisotopic (exact) mass is 360 g/mol. The van der Waals surface area contributed by atoms with Crippen molar-refractivity contribution in [1.29, 1.82) is 0 Å². The molecule has 26 heavy (non-hydrogen) atoms. The molecular weight excluding hydrogens is 336 g/mol.